The average Bonchev–Trinajstić information content (AvgIpc) is 0.793. The Morgan fingerprint density at radius 2 is 0.680 bits per heavy atom. The molecule has 14 heteroatoms. The minimum atomic E-state index is -1.79. The molecule has 9 N–H and O–H groups in total. The second-order valence-corrected chi connectivity index (χ2v) is 29.3. The number of hydrogen-bond acceptors (Lipinski definition) is 13. The molecule has 2 aliphatic heterocycles. The monoisotopic (exact) mass is 1370 g/mol. The summed E-state index contributed by atoms with van der Waals surface area (Å²) in [4.78, 5) is 13.4. The van der Waals surface area contributed by atoms with E-state index in [0.717, 1.165) is 51.4 Å². The lowest BCUT2D eigenvalue weighted by atomic mass is 9.97. The van der Waals surface area contributed by atoms with Gasteiger partial charge in [-0.3, -0.25) is 4.79 Å². The maximum absolute atomic E-state index is 13.4. The molecule has 12 unspecified atom stereocenters. The first-order valence-electron chi connectivity index (χ1n) is 41.4. The van der Waals surface area contributed by atoms with Crippen molar-refractivity contribution in [3.63, 3.8) is 0 Å². The first-order valence-corrected chi connectivity index (χ1v) is 41.4. The zero-order valence-corrected chi connectivity index (χ0v) is 62.6. The average molecular weight is 1380 g/mol. The van der Waals surface area contributed by atoms with Gasteiger partial charge in [0.2, 0.25) is 5.91 Å². The van der Waals surface area contributed by atoms with E-state index in [1.54, 1.807) is 6.08 Å². The van der Waals surface area contributed by atoms with Crippen LogP contribution in [0.2, 0.25) is 0 Å². The van der Waals surface area contributed by atoms with Gasteiger partial charge < -0.3 is 65.1 Å². The van der Waals surface area contributed by atoms with E-state index in [1.165, 1.54) is 302 Å². The fourth-order valence-electron chi connectivity index (χ4n) is 13.7. The number of ether oxygens (including phenoxy) is 4. The minimum Gasteiger partial charge on any atom is -0.394 e. The number of aliphatic hydroxyl groups is 8. The van der Waals surface area contributed by atoms with Gasteiger partial charge in [0, 0.05) is 6.42 Å². The number of rotatable bonds is 70. The summed E-state index contributed by atoms with van der Waals surface area (Å²) in [5, 5.41) is 87.7. The third-order valence-corrected chi connectivity index (χ3v) is 20.3. The normalized spacial score (nSPS) is 22.3. The first-order chi connectivity index (χ1) is 47.6. The first kappa shape index (κ1) is 91.0. The third-order valence-electron chi connectivity index (χ3n) is 20.3. The summed E-state index contributed by atoms with van der Waals surface area (Å²) in [5.41, 5.74) is 0. The predicted octanol–water partition coefficient (Wildman–Crippen LogP) is 19.0. The molecule has 0 radical (unpaired) electrons. The SMILES string of the molecule is CCCCCCC/C=C\C/C=C\C/C=C\CCCCCCCCCCCCCCCCCCCCCCC(=O)NC(COC1OC(CO)C(OC2OC(CO)C(O)C(O)C2O)C(O)C1O)C(O)/C=C/CCCCCCCCCCCCCCCCCCCCCCCCCCCC. The molecule has 570 valence electrons. The molecule has 0 aliphatic carbocycles. The number of hydrogen-bond donors (Lipinski definition) is 9. The topological polar surface area (TPSA) is 228 Å². The maximum atomic E-state index is 13.4. The van der Waals surface area contributed by atoms with Crippen molar-refractivity contribution < 1.29 is 64.6 Å². The Labute approximate surface area is 594 Å². The molecule has 2 fully saturated rings. The lowest BCUT2D eigenvalue weighted by Crippen LogP contribution is -2.65. The van der Waals surface area contributed by atoms with Gasteiger partial charge in [-0.05, 0) is 57.8 Å². The predicted molar refractivity (Wildman–Crippen MR) is 401 cm³/mol. The van der Waals surface area contributed by atoms with Gasteiger partial charge in [-0.25, -0.2) is 0 Å². The zero-order chi connectivity index (χ0) is 70.1. The van der Waals surface area contributed by atoms with Crippen LogP contribution in [0.25, 0.3) is 0 Å². The van der Waals surface area contributed by atoms with E-state index in [4.69, 9.17) is 18.9 Å². The molecule has 97 heavy (non-hydrogen) atoms. The van der Waals surface area contributed by atoms with Crippen molar-refractivity contribution in [3.8, 4) is 0 Å². The molecule has 2 heterocycles. The number of amides is 1. The molecule has 0 aromatic heterocycles. The summed E-state index contributed by atoms with van der Waals surface area (Å²) < 4.78 is 22.9. The summed E-state index contributed by atoms with van der Waals surface area (Å²) in [6, 6.07) is -0.916. The van der Waals surface area contributed by atoms with Gasteiger partial charge in [0.05, 0.1) is 32.0 Å². The molecule has 2 aliphatic rings. The number of carbonyl (C=O) groups excluding carboxylic acids is 1. The number of allylic oxidation sites excluding steroid dienone is 7. The van der Waals surface area contributed by atoms with Crippen LogP contribution in [0.3, 0.4) is 0 Å². The number of unbranched alkanes of at least 4 members (excludes halogenated alkanes) is 51. The molecule has 0 saturated carbocycles. The largest absolute Gasteiger partial charge is 0.394 e. The molecule has 0 spiro atoms. The quantitative estimate of drug-likeness (QED) is 0.0204. The summed E-state index contributed by atoms with van der Waals surface area (Å²) in [7, 11) is 0. The van der Waals surface area contributed by atoms with Crippen LogP contribution >= 0.6 is 0 Å². The van der Waals surface area contributed by atoms with E-state index in [9.17, 15) is 45.6 Å². The Hall–Kier alpha value is -2.05. The second kappa shape index (κ2) is 67.1. The Kier molecular flexibility index (Phi) is 63.0. The van der Waals surface area contributed by atoms with Crippen LogP contribution in [0, 0.1) is 0 Å². The maximum Gasteiger partial charge on any atom is 0.220 e. The lowest BCUT2D eigenvalue weighted by molar-refractivity contribution is -0.359. The number of nitrogens with one attached hydrogen (secondary N) is 1. The van der Waals surface area contributed by atoms with Crippen molar-refractivity contribution in [2.75, 3.05) is 19.8 Å². The highest BCUT2D eigenvalue weighted by molar-refractivity contribution is 5.76. The van der Waals surface area contributed by atoms with Gasteiger partial charge >= 0.3 is 0 Å². The van der Waals surface area contributed by atoms with Crippen molar-refractivity contribution in [1.29, 1.82) is 0 Å². The molecule has 2 rings (SSSR count). The smallest absolute Gasteiger partial charge is 0.220 e. The second-order valence-electron chi connectivity index (χ2n) is 29.3. The number of carbonyl (C=O) groups is 1. The van der Waals surface area contributed by atoms with Crippen molar-refractivity contribution >= 4 is 5.91 Å². The van der Waals surface area contributed by atoms with E-state index in [-0.39, 0.29) is 18.9 Å². The van der Waals surface area contributed by atoms with Gasteiger partial charge in [-0.15, -0.1) is 0 Å². The van der Waals surface area contributed by atoms with Crippen molar-refractivity contribution in [1.82, 2.24) is 5.32 Å². The van der Waals surface area contributed by atoms with E-state index in [0.29, 0.717) is 6.42 Å². The summed E-state index contributed by atoms with van der Waals surface area (Å²) >= 11 is 0. The van der Waals surface area contributed by atoms with Crippen LogP contribution < -0.4 is 5.32 Å². The minimum absolute atomic E-state index is 0.232. The van der Waals surface area contributed by atoms with Crippen LogP contribution in [0.4, 0.5) is 0 Å². The molecular formula is C83H155NO13. The Morgan fingerprint density at radius 3 is 1.04 bits per heavy atom. The molecule has 2 saturated heterocycles. The van der Waals surface area contributed by atoms with Crippen LogP contribution in [0.5, 0.6) is 0 Å². The van der Waals surface area contributed by atoms with Gasteiger partial charge in [-0.1, -0.05) is 364 Å². The zero-order valence-electron chi connectivity index (χ0n) is 62.6. The highest BCUT2D eigenvalue weighted by atomic mass is 16.7. The molecule has 0 aromatic carbocycles. The van der Waals surface area contributed by atoms with E-state index < -0.39 is 86.8 Å². The van der Waals surface area contributed by atoms with Crippen molar-refractivity contribution in [2.45, 2.75) is 453 Å². The van der Waals surface area contributed by atoms with Gasteiger partial charge in [0.25, 0.3) is 0 Å². The van der Waals surface area contributed by atoms with Crippen LogP contribution in [-0.4, -0.2) is 140 Å². The summed E-state index contributed by atoms with van der Waals surface area (Å²) in [6.45, 7) is 2.85. The fourth-order valence-corrected chi connectivity index (χ4v) is 13.7. The molecular weight excluding hydrogens is 1220 g/mol. The molecule has 1 amide bonds. The highest BCUT2D eigenvalue weighted by Gasteiger charge is 2.51. The van der Waals surface area contributed by atoms with Crippen LogP contribution in [0.15, 0.2) is 48.6 Å². The van der Waals surface area contributed by atoms with Crippen LogP contribution in [-0.2, 0) is 23.7 Å². The number of aliphatic hydroxyl groups excluding tert-OH is 8. The Bertz CT molecular complexity index is 1810. The van der Waals surface area contributed by atoms with Crippen LogP contribution in [0.1, 0.15) is 380 Å². The van der Waals surface area contributed by atoms with Gasteiger partial charge in [-0.2, -0.15) is 0 Å². The van der Waals surface area contributed by atoms with Gasteiger partial charge in [0.15, 0.2) is 12.6 Å². The Balaban J connectivity index is 1.60. The van der Waals surface area contributed by atoms with E-state index in [2.05, 4.69) is 55.6 Å². The molecule has 0 aromatic rings. The highest BCUT2D eigenvalue weighted by Crippen LogP contribution is 2.30. The molecule has 14 nitrogen and oxygen atoms in total. The van der Waals surface area contributed by atoms with E-state index in [1.807, 2.05) is 6.08 Å². The standard InChI is InChI=1S/C83H155NO13/c1-3-5-7-9-11-13-15-17-19-21-23-25-27-29-31-33-34-35-36-37-38-39-41-43-45-47-49-51-53-55-57-59-61-63-65-67-75(88)84-71(70-94-82-80(93)78(91)81(74(69-86)96-82)97-83-79(92)77(90)76(89)73(68-85)95-83)72(87)66-64-62-60-58-56-54-52-50-48-46-44-42-40-32-30-28-26-24-22-20-18-16-14-12-10-8-6-4-2/h15,17,21,23,27,29,64,66,71-74,76-83,85-87,89-93H,3-14,16,18-20,22,24-26,28,30-63,65,67-70H2,1-2H3,(H,84,88)/b17-15-,23-21-,29-27-,66-64+. The summed E-state index contributed by atoms with van der Waals surface area (Å²) in [6.07, 6.45) is 73.4. The van der Waals surface area contributed by atoms with E-state index >= 15 is 0 Å². The summed E-state index contributed by atoms with van der Waals surface area (Å²) in [5.74, 6) is -0.232. The molecule has 12 atom stereocenters. The third kappa shape index (κ3) is 50.1. The fraction of sp³-hybridized carbons (Fsp3) is 0.892. The molecule has 0 bridgehead atoms. The Morgan fingerprint density at radius 1 is 0.371 bits per heavy atom. The van der Waals surface area contributed by atoms with Crippen molar-refractivity contribution in [3.05, 3.63) is 48.6 Å². The van der Waals surface area contributed by atoms with Gasteiger partial charge in [0.1, 0.15) is 48.8 Å². The van der Waals surface area contributed by atoms with Crippen molar-refractivity contribution in [2.24, 2.45) is 0 Å². The lowest BCUT2D eigenvalue weighted by Gasteiger charge is -2.46.